The van der Waals surface area contributed by atoms with Gasteiger partial charge < -0.3 is 9.47 Å². The van der Waals surface area contributed by atoms with Gasteiger partial charge in [0.25, 0.3) is 0 Å². The van der Waals surface area contributed by atoms with Crippen molar-refractivity contribution in [3.8, 4) is 0 Å². The van der Waals surface area contributed by atoms with Gasteiger partial charge in [-0.15, -0.1) is 11.6 Å². The average molecular weight is 263 g/mol. The molecule has 0 aliphatic carbocycles. The Balaban J connectivity index is 2.62. The molecule has 1 aliphatic rings. The fourth-order valence-corrected chi connectivity index (χ4v) is 2.14. The Hall–Kier alpha value is -0.120. The summed E-state index contributed by atoms with van der Waals surface area (Å²) in [5, 5.41) is 0. The first-order chi connectivity index (χ1) is 7.64. The van der Waals surface area contributed by atoms with Crippen LogP contribution in [0.3, 0.4) is 0 Å². The maximum Gasteiger partial charge on any atom is 0.163 e. The molecule has 2 atom stereocenters. The van der Waals surface area contributed by atoms with Gasteiger partial charge in [0.15, 0.2) is 5.79 Å². The highest BCUT2D eigenvalue weighted by molar-refractivity contribution is 6.18. The van der Waals surface area contributed by atoms with Crippen molar-refractivity contribution in [3.05, 3.63) is 0 Å². The zero-order chi connectivity index (χ0) is 13.3. The third kappa shape index (κ3) is 4.57. The third-order valence-electron chi connectivity index (χ3n) is 2.85. The summed E-state index contributed by atoms with van der Waals surface area (Å²) in [5.74, 6) is 0.00158. The highest BCUT2D eigenvalue weighted by Gasteiger charge is 2.37. The first-order valence-electron chi connectivity index (χ1n) is 6.09. The zero-order valence-corrected chi connectivity index (χ0v) is 12.1. The Morgan fingerprint density at radius 2 is 1.82 bits per heavy atom. The smallest absolute Gasteiger partial charge is 0.163 e. The van der Waals surface area contributed by atoms with Gasteiger partial charge in [0.2, 0.25) is 0 Å². The first kappa shape index (κ1) is 14.9. The Morgan fingerprint density at radius 1 is 1.29 bits per heavy atom. The first-order valence-corrected chi connectivity index (χ1v) is 6.62. The second-order valence-corrected chi connectivity index (χ2v) is 6.46. The van der Waals surface area contributed by atoms with Gasteiger partial charge in [-0.3, -0.25) is 4.79 Å². The van der Waals surface area contributed by atoms with Gasteiger partial charge in [-0.05, 0) is 13.8 Å². The van der Waals surface area contributed by atoms with Crippen LogP contribution in [0.15, 0.2) is 0 Å². The number of rotatable bonds is 3. The maximum absolute atomic E-state index is 12.0. The van der Waals surface area contributed by atoms with E-state index in [9.17, 15) is 4.79 Å². The summed E-state index contributed by atoms with van der Waals surface area (Å²) in [5.41, 5.74) is -0.317. The number of ether oxygens (including phenoxy) is 2. The number of halogens is 1. The van der Waals surface area contributed by atoms with Crippen LogP contribution in [0.2, 0.25) is 0 Å². The number of hydrogen-bond donors (Lipinski definition) is 0. The maximum atomic E-state index is 12.0. The van der Waals surface area contributed by atoms with Crippen LogP contribution >= 0.6 is 11.6 Å². The molecule has 0 saturated carbocycles. The summed E-state index contributed by atoms with van der Waals surface area (Å²) < 4.78 is 11.4. The summed E-state index contributed by atoms with van der Waals surface area (Å²) in [7, 11) is 0. The van der Waals surface area contributed by atoms with Crippen LogP contribution in [0.5, 0.6) is 0 Å². The van der Waals surface area contributed by atoms with E-state index in [1.165, 1.54) is 0 Å². The van der Waals surface area contributed by atoms with Crippen LogP contribution in [0.25, 0.3) is 0 Å². The van der Waals surface area contributed by atoms with Crippen LogP contribution in [0.1, 0.15) is 47.5 Å². The van der Waals surface area contributed by atoms with E-state index in [1.54, 1.807) is 0 Å². The largest absolute Gasteiger partial charge is 0.347 e. The van der Waals surface area contributed by atoms with E-state index in [0.717, 1.165) is 0 Å². The molecule has 3 nitrogen and oxygen atoms in total. The molecule has 0 amide bonds. The molecule has 0 aromatic rings. The predicted octanol–water partition coefficient (Wildman–Crippen LogP) is 3.14. The molecule has 1 aliphatic heterocycles. The summed E-state index contributed by atoms with van der Waals surface area (Å²) in [4.78, 5) is 12.0. The average Bonchev–Trinajstić information content (AvgIpc) is 2.13. The summed E-state index contributed by atoms with van der Waals surface area (Å²) in [6, 6.07) is 0. The van der Waals surface area contributed by atoms with Gasteiger partial charge in [-0.2, -0.15) is 0 Å². The van der Waals surface area contributed by atoms with Crippen LogP contribution < -0.4 is 0 Å². The van der Waals surface area contributed by atoms with Crippen molar-refractivity contribution in [2.45, 2.75) is 65.5 Å². The van der Waals surface area contributed by atoms with Crippen molar-refractivity contribution in [3.63, 3.8) is 0 Å². The fourth-order valence-electron chi connectivity index (χ4n) is 1.95. The number of hydrogen-bond acceptors (Lipinski definition) is 3. The number of ketones is 1. The van der Waals surface area contributed by atoms with Gasteiger partial charge in [0.05, 0.1) is 12.2 Å². The Kier molecular flexibility index (Phi) is 4.61. The molecular formula is C13H23ClO3. The molecule has 0 spiro atoms. The second kappa shape index (κ2) is 5.25. The minimum absolute atomic E-state index is 0.0295. The molecule has 1 fully saturated rings. The molecule has 0 N–H and O–H groups in total. The van der Waals surface area contributed by atoms with Crippen molar-refractivity contribution >= 4 is 17.4 Å². The quantitative estimate of drug-likeness (QED) is 0.733. The zero-order valence-electron chi connectivity index (χ0n) is 11.4. The highest BCUT2D eigenvalue weighted by Crippen LogP contribution is 2.30. The van der Waals surface area contributed by atoms with E-state index in [1.807, 2.05) is 34.6 Å². The monoisotopic (exact) mass is 262 g/mol. The van der Waals surface area contributed by atoms with Crippen LogP contribution in [-0.2, 0) is 14.3 Å². The topological polar surface area (TPSA) is 35.5 Å². The molecule has 17 heavy (non-hydrogen) atoms. The Bertz CT molecular complexity index is 281. The summed E-state index contributed by atoms with van der Waals surface area (Å²) in [6.45, 7) is 9.51. The standard InChI is InChI=1S/C13H23ClO3/c1-12(2,3)11(15)7-9-6-10(8-14)17-13(4,5)16-9/h9-10H,6-8H2,1-5H3/t9-,10+/m1/s1. The minimum atomic E-state index is -0.652. The van der Waals surface area contributed by atoms with Gasteiger partial charge in [0.1, 0.15) is 5.78 Å². The van der Waals surface area contributed by atoms with E-state index >= 15 is 0 Å². The van der Waals surface area contributed by atoms with E-state index in [4.69, 9.17) is 21.1 Å². The second-order valence-electron chi connectivity index (χ2n) is 6.15. The van der Waals surface area contributed by atoms with Crippen molar-refractivity contribution in [2.24, 2.45) is 5.41 Å². The number of carbonyl (C=O) groups is 1. The van der Waals surface area contributed by atoms with Crippen molar-refractivity contribution in [1.29, 1.82) is 0 Å². The van der Waals surface area contributed by atoms with Crippen molar-refractivity contribution in [1.82, 2.24) is 0 Å². The lowest BCUT2D eigenvalue weighted by Crippen LogP contribution is -2.46. The lowest BCUT2D eigenvalue weighted by molar-refractivity contribution is -0.294. The van der Waals surface area contributed by atoms with E-state index < -0.39 is 5.79 Å². The highest BCUT2D eigenvalue weighted by atomic mass is 35.5. The summed E-state index contributed by atoms with van der Waals surface area (Å²) >= 11 is 5.83. The Labute approximate surface area is 109 Å². The lowest BCUT2D eigenvalue weighted by atomic mass is 9.86. The molecule has 1 saturated heterocycles. The minimum Gasteiger partial charge on any atom is -0.347 e. The van der Waals surface area contributed by atoms with Crippen LogP contribution in [0, 0.1) is 5.41 Å². The van der Waals surface area contributed by atoms with Crippen molar-refractivity contribution < 1.29 is 14.3 Å². The van der Waals surface area contributed by atoms with Crippen LogP contribution in [-0.4, -0.2) is 29.7 Å². The fraction of sp³-hybridized carbons (Fsp3) is 0.923. The van der Waals surface area contributed by atoms with E-state index in [-0.39, 0.29) is 23.4 Å². The molecule has 0 aromatic carbocycles. The van der Waals surface area contributed by atoms with E-state index in [0.29, 0.717) is 18.7 Å². The van der Waals surface area contributed by atoms with Gasteiger partial charge in [0, 0.05) is 24.1 Å². The SMILES string of the molecule is CC1(C)O[C@H](CCl)C[C@H](CC(=O)C(C)(C)C)O1. The van der Waals surface area contributed by atoms with Gasteiger partial charge in [-0.25, -0.2) is 0 Å². The molecular weight excluding hydrogens is 240 g/mol. The molecule has 4 heteroatoms. The lowest BCUT2D eigenvalue weighted by Gasteiger charge is -2.40. The molecule has 0 bridgehead atoms. The van der Waals surface area contributed by atoms with Crippen LogP contribution in [0.4, 0.5) is 0 Å². The molecule has 0 aromatic heterocycles. The number of alkyl halides is 1. The third-order valence-corrected chi connectivity index (χ3v) is 3.19. The van der Waals surface area contributed by atoms with E-state index in [2.05, 4.69) is 0 Å². The molecule has 1 rings (SSSR count). The number of Topliss-reactive ketones (excluding diaryl/α,β-unsaturated/α-hetero) is 1. The number of carbonyl (C=O) groups excluding carboxylic acids is 1. The summed E-state index contributed by atoms with van der Waals surface area (Å²) in [6.07, 6.45) is 1.01. The normalized spacial score (nSPS) is 29.1. The van der Waals surface area contributed by atoms with Gasteiger partial charge >= 0.3 is 0 Å². The predicted molar refractivity (Wildman–Crippen MR) is 68.2 cm³/mol. The Morgan fingerprint density at radius 3 is 2.29 bits per heavy atom. The molecule has 1 heterocycles. The molecule has 100 valence electrons. The van der Waals surface area contributed by atoms with Crippen molar-refractivity contribution in [2.75, 3.05) is 5.88 Å². The molecule has 0 unspecified atom stereocenters. The van der Waals surface area contributed by atoms with Gasteiger partial charge in [-0.1, -0.05) is 20.8 Å². The molecule has 0 radical (unpaired) electrons.